The number of carbonyl (C=O) groups excluding carboxylic acids is 2. The summed E-state index contributed by atoms with van der Waals surface area (Å²) in [5, 5.41) is 7.16. The molecule has 3 aromatic rings. The standard InChI is InChI=1S/C17H17ClN4O2S/c1-10(23)22-13(6-11-7-19-9-21-11)17(24)20-8-15-16(18)12-4-2-3-5-14(12)25-15/h2-5,7,9,13H,6,8H2,1H3,(H,19,21)(H,20,24)(H,22,23)/t13-/m0/s1. The summed E-state index contributed by atoms with van der Waals surface area (Å²) in [5.41, 5.74) is 0.772. The molecule has 0 aliphatic heterocycles. The zero-order chi connectivity index (χ0) is 17.8. The second-order valence-electron chi connectivity index (χ2n) is 5.59. The molecule has 0 spiro atoms. The fourth-order valence-electron chi connectivity index (χ4n) is 2.54. The van der Waals surface area contributed by atoms with Gasteiger partial charge in [-0.15, -0.1) is 11.3 Å². The third-order valence-corrected chi connectivity index (χ3v) is 5.41. The molecule has 0 aliphatic carbocycles. The Balaban J connectivity index is 1.69. The number of H-pyrrole nitrogens is 1. The van der Waals surface area contributed by atoms with Gasteiger partial charge in [-0.05, 0) is 6.07 Å². The van der Waals surface area contributed by atoms with Crippen molar-refractivity contribution in [3.63, 3.8) is 0 Å². The Morgan fingerprint density at radius 1 is 1.36 bits per heavy atom. The number of carbonyl (C=O) groups is 2. The summed E-state index contributed by atoms with van der Waals surface area (Å²) >= 11 is 7.94. The second kappa shape index (κ2) is 7.67. The molecule has 0 saturated heterocycles. The Morgan fingerprint density at radius 3 is 2.84 bits per heavy atom. The summed E-state index contributed by atoms with van der Waals surface area (Å²) in [6.07, 6.45) is 3.51. The van der Waals surface area contributed by atoms with E-state index in [2.05, 4.69) is 20.6 Å². The van der Waals surface area contributed by atoms with Crippen molar-refractivity contribution in [1.29, 1.82) is 0 Å². The van der Waals surface area contributed by atoms with E-state index in [-0.39, 0.29) is 11.8 Å². The third-order valence-electron chi connectivity index (χ3n) is 3.70. The van der Waals surface area contributed by atoms with Crippen LogP contribution in [0.2, 0.25) is 5.02 Å². The maximum absolute atomic E-state index is 12.5. The number of aromatic amines is 1. The number of thiophene rings is 1. The lowest BCUT2D eigenvalue weighted by molar-refractivity contribution is -0.128. The Morgan fingerprint density at radius 2 is 2.16 bits per heavy atom. The van der Waals surface area contributed by atoms with Crippen LogP contribution in [0.5, 0.6) is 0 Å². The van der Waals surface area contributed by atoms with Crippen molar-refractivity contribution in [3.05, 3.63) is 52.4 Å². The van der Waals surface area contributed by atoms with E-state index in [1.165, 1.54) is 13.3 Å². The summed E-state index contributed by atoms with van der Waals surface area (Å²) in [4.78, 5) is 31.7. The molecule has 0 saturated carbocycles. The molecule has 1 aromatic carbocycles. The van der Waals surface area contributed by atoms with Crippen LogP contribution in [0.1, 0.15) is 17.5 Å². The minimum atomic E-state index is -0.675. The molecular weight excluding hydrogens is 360 g/mol. The maximum atomic E-state index is 12.5. The van der Waals surface area contributed by atoms with Crippen LogP contribution < -0.4 is 10.6 Å². The van der Waals surface area contributed by atoms with Gasteiger partial charge >= 0.3 is 0 Å². The number of nitrogens with one attached hydrogen (secondary N) is 3. The first-order valence-corrected chi connectivity index (χ1v) is 8.92. The molecule has 0 fully saturated rings. The van der Waals surface area contributed by atoms with Gasteiger partial charge in [0.05, 0.1) is 17.9 Å². The Labute approximate surface area is 153 Å². The van der Waals surface area contributed by atoms with Crippen LogP contribution in [0.4, 0.5) is 0 Å². The number of hydrogen-bond acceptors (Lipinski definition) is 4. The SMILES string of the molecule is CC(=O)N[C@@H](Cc1cnc[nH]1)C(=O)NCc1sc2ccccc2c1Cl. The van der Waals surface area contributed by atoms with Crippen LogP contribution >= 0.6 is 22.9 Å². The van der Waals surface area contributed by atoms with Crippen LogP contribution in [0, 0.1) is 0 Å². The first kappa shape index (κ1) is 17.4. The maximum Gasteiger partial charge on any atom is 0.243 e. The van der Waals surface area contributed by atoms with E-state index in [1.807, 2.05) is 24.3 Å². The molecule has 6 nitrogen and oxygen atoms in total. The zero-order valence-electron chi connectivity index (χ0n) is 13.5. The van der Waals surface area contributed by atoms with Gasteiger partial charge in [0.15, 0.2) is 0 Å². The lowest BCUT2D eigenvalue weighted by Gasteiger charge is -2.16. The Kier molecular flexibility index (Phi) is 5.35. The fraction of sp³-hybridized carbons (Fsp3) is 0.235. The predicted octanol–water partition coefficient (Wildman–Crippen LogP) is 2.64. The van der Waals surface area contributed by atoms with Crippen molar-refractivity contribution >= 4 is 44.8 Å². The predicted molar refractivity (Wildman–Crippen MR) is 98.6 cm³/mol. The van der Waals surface area contributed by atoms with Crippen LogP contribution in [0.3, 0.4) is 0 Å². The summed E-state index contributed by atoms with van der Waals surface area (Å²) in [7, 11) is 0. The topological polar surface area (TPSA) is 86.9 Å². The number of fused-ring (bicyclic) bond motifs is 1. The van der Waals surface area contributed by atoms with Crippen molar-refractivity contribution in [2.24, 2.45) is 0 Å². The largest absolute Gasteiger partial charge is 0.349 e. The number of aromatic nitrogens is 2. The van der Waals surface area contributed by atoms with E-state index >= 15 is 0 Å². The summed E-state index contributed by atoms with van der Waals surface area (Å²) < 4.78 is 1.08. The van der Waals surface area contributed by atoms with E-state index in [0.717, 1.165) is 20.7 Å². The zero-order valence-corrected chi connectivity index (χ0v) is 15.1. The van der Waals surface area contributed by atoms with E-state index in [0.29, 0.717) is 18.0 Å². The van der Waals surface area contributed by atoms with Gasteiger partial charge < -0.3 is 15.6 Å². The minimum absolute atomic E-state index is 0.264. The van der Waals surface area contributed by atoms with Crippen molar-refractivity contribution < 1.29 is 9.59 Å². The van der Waals surface area contributed by atoms with Gasteiger partial charge in [-0.1, -0.05) is 29.8 Å². The molecule has 1 atom stereocenters. The van der Waals surface area contributed by atoms with Gasteiger partial charge in [-0.25, -0.2) is 4.98 Å². The highest BCUT2D eigenvalue weighted by molar-refractivity contribution is 7.19. The van der Waals surface area contributed by atoms with Gasteiger partial charge in [0.25, 0.3) is 0 Å². The highest BCUT2D eigenvalue weighted by Crippen LogP contribution is 2.34. The molecule has 0 bridgehead atoms. The molecule has 130 valence electrons. The molecule has 3 rings (SSSR count). The van der Waals surface area contributed by atoms with Gasteiger partial charge in [-0.3, -0.25) is 9.59 Å². The molecule has 0 unspecified atom stereocenters. The number of amides is 2. The Bertz CT molecular complexity index is 891. The van der Waals surface area contributed by atoms with Crippen molar-refractivity contribution in [1.82, 2.24) is 20.6 Å². The first-order chi connectivity index (χ1) is 12.0. The molecule has 0 aliphatic rings. The molecular formula is C17H17ClN4O2S. The first-order valence-electron chi connectivity index (χ1n) is 7.72. The van der Waals surface area contributed by atoms with Crippen molar-refractivity contribution in [2.45, 2.75) is 25.9 Å². The van der Waals surface area contributed by atoms with Crippen LogP contribution in [0.15, 0.2) is 36.8 Å². The second-order valence-corrected chi connectivity index (χ2v) is 7.10. The van der Waals surface area contributed by atoms with Crippen LogP contribution in [-0.2, 0) is 22.6 Å². The van der Waals surface area contributed by atoms with Gasteiger partial charge in [-0.2, -0.15) is 0 Å². The van der Waals surface area contributed by atoms with E-state index in [9.17, 15) is 9.59 Å². The van der Waals surface area contributed by atoms with Crippen LogP contribution in [0.25, 0.3) is 10.1 Å². The highest BCUT2D eigenvalue weighted by Gasteiger charge is 2.21. The molecule has 2 aromatic heterocycles. The van der Waals surface area contributed by atoms with Crippen molar-refractivity contribution in [2.75, 3.05) is 0 Å². The number of nitrogens with zero attached hydrogens (tertiary/aromatic N) is 1. The number of rotatable bonds is 6. The van der Waals surface area contributed by atoms with E-state index in [4.69, 9.17) is 11.6 Å². The van der Waals surface area contributed by atoms with Gasteiger partial charge in [0.2, 0.25) is 11.8 Å². The average molecular weight is 377 g/mol. The number of halogens is 1. The van der Waals surface area contributed by atoms with E-state index in [1.54, 1.807) is 17.5 Å². The lowest BCUT2D eigenvalue weighted by atomic mass is 10.1. The fourth-order valence-corrected chi connectivity index (χ4v) is 3.98. The quantitative estimate of drug-likeness (QED) is 0.618. The smallest absolute Gasteiger partial charge is 0.243 e. The number of imidazole rings is 1. The molecule has 8 heteroatoms. The molecule has 2 amide bonds. The van der Waals surface area contributed by atoms with Crippen molar-refractivity contribution in [3.8, 4) is 0 Å². The number of hydrogen-bond donors (Lipinski definition) is 3. The van der Waals surface area contributed by atoms with Gasteiger partial charge in [0.1, 0.15) is 6.04 Å². The molecule has 3 N–H and O–H groups in total. The van der Waals surface area contributed by atoms with Gasteiger partial charge in [0, 0.05) is 40.2 Å². The molecule has 25 heavy (non-hydrogen) atoms. The average Bonchev–Trinajstić information content (AvgIpc) is 3.20. The normalized spacial score (nSPS) is 12.1. The van der Waals surface area contributed by atoms with E-state index < -0.39 is 6.04 Å². The van der Waals surface area contributed by atoms with Crippen LogP contribution in [-0.4, -0.2) is 27.8 Å². The number of benzene rings is 1. The minimum Gasteiger partial charge on any atom is -0.349 e. The lowest BCUT2D eigenvalue weighted by Crippen LogP contribution is -2.47. The monoisotopic (exact) mass is 376 g/mol. The summed E-state index contributed by atoms with van der Waals surface area (Å²) in [6, 6.07) is 7.16. The molecule has 0 radical (unpaired) electrons. The summed E-state index contributed by atoms with van der Waals surface area (Å²) in [6.45, 7) is 1.70. The Hall–Kier alpha value is -2.38. The summed E-state index contributed by atoms with van der Waals surface area (Å²) in [5.74, 6) is -0.530. The molecule has 2 heterocycles. The highest BCUT2D eigenvalue weighted by atomic mass is 35.5. The third kappa shape index (κ3) is 4.18.